The summed E-state index contributed by atoms with van der Waals surface area (Å²) in [5.74, 6) is 1.14. The summed E-state index contributed by atoms with van der Waals surface area (Å²) in [6.07, 6.45) is 2.08. The van der Waals surface area contributed by atoms with Crippen molar-refractivity contribution in [1.82, 2.24) is 14.9 Å². The summed E-state index contributed by atoms with van der Waals surface area (Å²) >= 11 is 0. The highest BCUT2D eigenvalue weighted by atomic mass is 16.5. The molecule has 1 N–H and O–H groups in total. The highest BCUT2D eigenvalue weighted by Gasteiger charge is 2.43. The average molecular weight is 450 g/mol. The molecule has 1 aromatic heterocycles. The Hall–Kier alpha value is -4.39. The minimum Gasteiger partial charge on any atom is -0.457 e. The van der Waals surface area contributed by atoms with E-state index in [-0.39, 0.29) is 18.4 Å². The zero-order valence-electron chi connectivity index (χ0n) is 18.3. The van der Waals surface area contributed by atoms with Crippen molar-refractivity contribution >= 4 is 28.9 Å². The molecule has 6 rings (SSSR count). The molecule has 1 fully saturated rings. The Labute approximate surface area is 196 Å². The molecule has 1 atom stereocenters. The second-order valence-electron chi connectivity index (χ2n) is 8.50. The van der Waals surface area contributed by atoms with Gasteiger partial charge in [0.2, 0.25) is 5.91 Å². The number of H-pyrrole nitrogens is 1. The first-order valence-electron chi connectivity index (χ1n) is 11.2. The fraction of sp³-hybridized carbons (Fsp3) is 0.148. The summed E-state index contributed by atoms with van der Waals surface area (Å²) in [6, 6.07) is 24.5. The fourth-order valence-electron chi connectivity index (χ4n) is 4.68. The van der Waals surface area contributed by atoms with Crippen LogP contribution in [0.15, 0.2) is 84.0 Å². The second kappa shape index (κ2) is 8.19. The lowest BCUT2D eigenvalue weighted by atomic mass is 9.94. The number of benzene rings is 3. The number of aromatic nitrogens is 1. The summed E-state index contributed by atoms with van der Waals surface area (Å²) in [7, 11) is 0. The molecule has 3 aromatic carbocycles. The topological polar surface area (TPSA) is 78.0 Å². The molecule has 2 aliphatic rings. The molecule has 7 nitrogen and oxygen atoms in total. The minimum absolute atomic E-state index is 0.0679. The molecular weight excluding hydrogens is 428 g/mol. The van der Waals surface area contributed by atoms with Crippen molar-refractivity contribution < 1.29 is 14.3 Å². The molecule has 4 aromatic rings. The van der Waals surface area contributed by atoms with E-state index in [4.69, 9.17) is 4.74 Å². The number of aromatic amines is 1. The lowest BCUT2D eigenvalue weighted by Crippen LogP contribution is -2.60. The van der Waals surface area contributed by atoms with Crippen LogP contribution in [0.25, 0.3) is 10.9 Å². The third-order valence-electron chi connectivity index (χ3n) is 6.33. The molecule has 1 saturated heterocycles. The Bertz CT molecular complexity index is 1430. The van der Waals surface area contributed by atoms with Crippen molar-refractivity contribution in [2.45, 2.75) is 19.0 Å². The van der Waals surface area contributed by atoms with E-state index in [2.05, 4.69) is 16.2 Å². The van der Waals surface area contributed by atoms with Crippen LogP contribution in [0.4, 0.5) is 0 Å². The number of carbonyl (C=O) groups excluding carboxylic acids is 2. The van der Waals surface area contributed by atoms with E-state index < -0.39 is 6.04 Å². The molecule has 168 valence electrons. The van der Waals surface area contributed by atoms with Crippen LogP contribution >= 0.6 is 0 Å². The smallest absolute Gasteiger partial charge is 0.266 e. The van der Waals surface area contributed by atoms with Gasteiger partial charge >= 0.3 is 0 Å². The number of ether oxygens (including phenoxy) is 1. The first-order chi connectivity index (χ1) is 16.7. The van der Waals surface area contributed by atoms with Crippen LogP contribution in [-0.2, 0) is 22.6 Å². The van der Waals surface area contributed by atoms with Gasteiger partial charge in [0.1, 0.15) is 24.1 Å². The van der Waals surface area contributed by atoms with E-state index in [9.17, 15) is 9.59 Å². The molecule has 0 saturated carbocycles. The number of nitrogens with zero attached hydrogens (tertiary/aromatic N) is 3. The first kappa shape index (κ1) is 20.2. The zero-order chi connectivity index (χ0) is 23.1. The Kier molecular flexibility index (Phi) is 4.87. The number of piperazine rings is 1. The summed E-state index contributed by atoms with van der Waals surface area (Å²) in [5.41, 5.74) is 3.92. The standard InChI is InChI=1S/C27H22N4O3/c32-26-17-31(28-15-18-7-6-10-20(13-18)34-19-8-2-1-3-9-19)27(33)25-14-22-21-11-4-5-12-23(21)29-24(22)16-30(25)26/h1-13,15,25,29H,14,16-17H2/b28-15-/t25-/m0/s1. The highest BCUT2D eigenvalue weighted by molar-refractivity contribution is 5.97. The van der Waals surface area contributed by atoms with E-state index in [0.29, 0.717) is 18.7 Å². The van der Waals surface area contributed by atoms with Crippen LogP contribution in [0.1, 0.15) is 16.8 Å². The van der Waals surface area contributed by atoms with Crippen molar-refractivity contribution in [2.24, 2.45) is 5.10 Å². The van der Waals surface area contributed by atoms with Crippen molar-refractivity contribution in [2.75, 3.05) is 6.54 Å². The number of para-hydroxylation sites is 2. The van der Waals surface area contributed by atoms with Gasteiger partial charge in [0.25, 0.3) is 5.91 Å². The lowest BCUT2D eigenvalue weighted by Gasteiger charge is -2.40. The van der Waals surface area contributed by atoms with Gasteiger partial charge in [-0.15, -0.1) is 0 Å². The number of nitrogens with one attached hydrogen (secondary N) is 1. The largest absolute Gasteiger partial charge is 0.457 e. The van der Waals surface area contributed by atoms with Gasteiger partial charge in [-0.2, -0.15) is 5.10 Å². The maximum absolute atomic E-state index is 13.3. The molecule has 0 spiro atoms. The van der Waals surface area contributed by atoms with Crippen LogP contribution in [0.2, 0.25) is 0 Å². The predicted octanol–water partition coefficient (Wildman–Crippen LogP) is 4.09. The number of hydrogen-bond donors (Lipinski definition) is 1. The van der Waals surface area contributed by atoms with Gasteiger partial charge in [0.05, 0.1) is 12.8 Å². The SMILES string of the molecule is O=C1[C@@H]2Cc3c([nH]c4ccccc34)CN2C(=O)CN1/N=C\c1cccc(Oc2ccccc2)c1. The normalized spacial score (nSPS) is 17.8. The van der Waals surface area contributed by atoms with E-state index in [1.54, 1.807) is 11.1 Å². The van der Waals surface area contributed by atoms with Crippen LogP contribution in [0.5, 0.6) is 11.5 Å². The van der Waals surface area contributed by atoms with E-state index in [1.807, 2.05) is 72.8 Å². The number of carbonyl (C=O) groups is 2. The summed E-state index contributed by atoms with van der Waals surface area (Å²) in [4.78, 5) is 31.3. The van der Waals surface area contributed by atoms with Crippen LogP contribution < -0.4 is 4.74 Å². The summed E-state index contributed by atoms with van der Waals surface area (Å²) in [6.45, 7) is 0.345. The Balaban J connectivity index is 1.22. The molecule has 0 aliphatic carbocycles. The number of fused-ring (bicyclic) bond motifs is 4. The van der Waals surface area contributed by atoms with Crippen molar-refractivity contribution in [3.05, 3.63) is 95.7 Å². The minimum atomic E-state index is -0.544. The Morgan fingerprint density at radius 2 is 1.71 bits per heavy atom. The second-order valence-corrected chi connectivity index (χ2v) is 8.50. The third kappa shape index (κ3) is 3.61. The third-order valence-corrected chi connectivity index (χ3v) is 6.33. The first-order valence-corrected chi connectivity index (χ1v) is 11.2. The van der Waals surface area contributed by atoms with Crippen molar-refractivity contribution in [3.63, 3.8) is 0 Å². The van der Waals surface area contributed by atoms with E-state index in [1.165, 1.54) is 5.01 Å². The van der Waals surface area contributed by atoms with Gasteiger partial charge in [-0.1, -0.05) is 48.5 Å². The molecule has 2 aliphatic heterocycles. The maximum atomic E-state index is 13.3. The Morgan fingerprint density at radius 1 is 0.912 bits per heavy atom. The number of rotatable bonds is 4. The maximum Gasteiger partial charge on any atom is 0.266 e. The zero-order valence-corrected chi connectivity index (χ0v) is 18.3. The molecule has 34 heavy (non-hydrogen) atoms. The fourth-order valence-corrected chi connectivity index (χ4v) is 4.68. The summed E-state index contributed by atoms with van der Waals surface area (Å²) in [5, 5.41) is 6.77. The van der Waals surface area contributed by atoms with Crippen LogP contribution in [-0.4, -0.2) is 45.5 Å². The predicted molar refractivity (Wildman–Crippen MR) is 129 cm³/mol. The average Bonchev–Trinajstić information content (AvgIpc) is 3.23. The van der Waals surface area contributed by atoms with E-state index in [0.717, 1.165) is 33.5 Å². The molecule has 3 heterocycles. The van der Waals surface area contributed by atoms with Gasteiger partial charge in [0, 0.05) is 23.0 Å². The molecule has 0 bridgehead atoms. The summed E-state index contributed by atoms with van der Waals surface area (Å²) < 4.78 is 5.87. The monoisotopic (exact) mass is 450 g/mol. The van der Waals surface area contributed by atoms with Gasteiger partial charge in [0.15, 0.2) is 0 Å². The molecule has 7 heteroatoms. The van der Waals surface area contributed by atoms with Crippen LogP contribution in [0, 0.1) is 0 Å². The van der Waals surface area contributed by atoms with Gasteiger partial charge in [-0.05, 0) is 41.5 Å². The molecular formula is C27H22N4O3. The van der Waals surface area contributed by atoms with Gasteiger partial charge in [-0.25, -0.2) is 5.01 Å². The molecule has 2 amide bonds. The molecule has 0 radical (unpaired) electrons. The molecule has 0 unspecified atom stereocenters. The van der Waals surface area contributed by atoms with Crippen molar-refractivity contribution in [1.29, 1.82) is 0 Å². The number of hydrogen-bond acceptors (Lipinski definition) is 4. The lowest BCUT2D eigenvalue weighted by molar-refractivity contribution is -0.157. The quantitative estimate of drug-likeness (QED) is 0.476. The van der Waals surface area contributed by atoms with E-state index >= 15 is 0 Å². The van der Waals surface area contributed by atoms with Gasteiger partial charge < -0.3 is 14.6 Å². The number of hydrazone groups is 1. The number of amides is 2. The highest BCUT2D eigenvalue weighted by Crippen LogP contribution is 2.32. The van der Waals surface area contributed by atoms with Crippen LogP contribution in [0.3, 0.4) is 0 Å². The van der Waals surface area contributed by atoms with Gasteiger partial charge in [-0.3, -0.25) is 9.59 Å². The Morgan fingerprint density at radius 3 is 2.59 bits per heavy atom. The van der Waals surface area contributed by atoms with Crippen molar-refractivity contribution in [3.8, 4) is 11.5 Å².